The number of fused-ring (bicyclic) bond motifs is 2. The highest BCUT2D eigenvalue weighted by atomic mass is 16.2. The van der Waals surface area contributed by atoms with Gasteiger partial charge in [0.25, 0.3) is 0 Å². The van der Waals surface area contributed by atoms with Gasteiger partial charge in [0.2, 0.25) is 5.91 Å². The van der Waals surface area contributed by atoms with Crippen LogP contribution < -0.4 is 10.6 Å². The van der Waals surface area contributed by atoms with Gasteiger partial charge in [-0.15, -0.1) is 0 Å². The van der Waals surface area contributed by atoms with Crippen LogP contribution in [0.2, 0.25) is 0 Å². The summed E-state index contributed by atoms with van der Waals surface area (Å²) in [5.74, 6) is 0.932. The molecule has 0 radical (unpaired) electrons. The van der Waals surface area contributed by atoms with Gasteiger partial charge in [0.05, 0.1) is 6.54 Å². The van der Waals surface area contributed by atoms with Crippen LogP contribution in [0, 0.1) is 0 Å². The van der Waals surface area contributed by atoms with Crippen LogP contribution in [0.1, 0.15) is 49.7 Å². The maximum absolute atomic E-state index is 12.0. The summed E-state index contributed by atoms with van der Waals surface area (Å²) in [5, 5.41) is 6.31. The molecular formula is C21H30N4O. The van der Waals surface area contributed by atoms with E-state index in [9.17, 15) is 4.79 Å². The molecule has 3 aliphatic rings. The van der Waals surface area contributed by atoms with Crippen LogP contribution in [0.25, 0.3) is 0 Å². The third-order valence-electron chi connectivity index (χ3n) is 6.13. The standard InChI is InChI=1S/C21H30N4O/c1-22-20(23-14-19(26)24-17-9-10-17)25-13-5-12-21(15-25)11-4-7-16-6-2-3-8-18(16)21/h2-3,6,8,17H,4-5,7,9-15H2,1H3,(H,22,23)(H,24,26). The van der Waals surface area contributed by atoms with E-state index in [2.05, 4.69) is 44.8 Å². The number of carbonyl (C=O) groups excluding carboxylic acids is 1. The number of hydrogen-bond donors (Lipinski definition) is 2. The highest BCUT2D eigenvalue weighted by Crippen LogP contribution is 2.43. The van der Waals surface area contributed by atoms with Crippen molar-refractivity contribution in [3.8, 4) is 0 Å². The smallest absolute Gasteiger partial charge is 0.239 e. The Kier molecular flexibility index (Phi) is 4.88. The first-order valence-electron chi connectivity index (χ1n) is 10.0. The molecule has 140 valence electrons. The van der Waals surface area contributed by atoms with E-state index < -0.39 is 0 Å². The van der Waals surface area contributed by atoms with Gasteiger partial charge in [0.15, 0.2) is 5.96 Å². The third kappa shape index (κ3) is 3.57. The highest BCUT2D eigenvalue weighted by Gasteiger charge is 2.40. The van der Waals surface area contributed by atoms with E-state index >= 15 is 0 Å². The summed E-state index contributed by atoms with van der Waals surface area (Å²) in [5.41, 5.74) is 3.30. The molecule has 0 aromatic heterocycles. The number of guanidine groups is 1. The van der Waals surface area contributed by atoms with E-state index in [0.717, 1.165) is 31.9 Å². The number of rotatable bonds is 3. The Balaban J connectivity index is 1.45. The van der Waals surface area contributed by atoms with Crippen LogP contribution in [-0.4, -0.2) is 49.5 Å². The first-order valence-corrected chi connectivity index (χ1v) is 10.0. The first-order chi connectivity index (χ1) is 12.7. The van der Waals surface area contributed by atoms with Gasteiger partial charge in [0.1, 0.15) is 0 Å². The molecule has 1 saturated heterocycles. The fourth-order valence-electron chi connectivity index (χ4n) is 4.74. The average molecular weight is 354 g/mol. The molecule has 0 bridgehead atoms. The van der Waals surface area contributed by atoms with Crippen LogP contribution >= 0.6 is 0 Å². The summed E-state index contributed by atoms with van der Waals surface area (Å²) in [6.07, 6.45) is 8.37. The fraction of sp³-hybridized carbons (Fsp3) is 0.619. The van der Waals surface area contributed by atoms with E-state index in [1.807, 2.05) is 7.05 Å². The average Bonchev–Trinajstić information content (AvgIpc) is 3.47. The van der Waals surface area contributed by atoms with Crippen molar-refractivity contribution >= 4 is 11.9 Å². The quantitative estimate of drug-likeness (QED) is 0.646. The van der Waals surface area contributed by atoms with Gasteiger partial charge in [-0.2, -0.15) is 0 Å². The number of aliphatic imine (C=N–C) groups is 1. The molecule has 2 fully saturated rings. The Morgan fingerprint density at radius 1 is 1.27 bits per heavy atom. The Morgan fingerprint density at radius 3 is 2.88 bits per heavy atom. The minimum Gasteiger partial charge on any atom is -0.352 e. The van der Waals surface area contributed by atoms with Gasteiger partial charge in [-0.1, -0.05) is 24.3 Å². The van der Waals surface area contributed by atoms with E-state index in [1.54, 1.807) is 0 Å². The lowest BCUT2D eigenvalue weighted by Gasteiger charge is -2.47. The molecule has 5 nitrogen and oxygen atoms in total. The monoisotopic (exact) mass is 354 g/mol. The lowest BCUT2D eigenvalue weighted by atomic mass is 9.66. The predicted molar refractivity (Wildman–Crippen MR) is 104 cm³/mol. The number of likely N-dealkylation sites (tertiary alicyclic amines) is 1. The summed E-state index contributed by atoms with van der Waals surface area (Å²) >= 11 is 0. The summed E-state index contributed by atoms with van der Waals surface area (Å²) < 4.78 is 0. The molecule has 1 aromatic carbocycles. The highest BCUT2D eigenvalue weighted by molar-refractivity contribution is 5.86. The van der Waals surface area contributed by atoms with Crippen molar-refractivity contribution in [2.75, 3.05) is 26.7 Å². The number of carbonyl (C=O) groups is 1. The van der Waals surface area contributed by atoms with Crippen molar-refractivity contribution in [2.24, 2.45) is 4.99 Å². The minimum absolute atomic E-state index is 0.0726. The van der Waals surface area contributed by atoms with Crippen LogP contribution in [-0.2, 0) is 16.6 Å². The number of aryl methyl sites for hydroxylation is 1. The van der Waals surface area contributed by atoms with Gasteiger partial charge in [-0.05, 0) is 56.1 Å². The summed E-state index contributed by atoms with van der Waals surface area (Å²) in [6.45, 7) is 2.31. The Labute approximate surface area is 156 Å². The molecule has 1 aromatic rings. The van der Waals surface area contributed by atoms with E-state index in [0.29, 0.717) is 12.6 Å². The largest absolute Gasteiger partial charge is 0.352 e. The van der Waals surface area contributed by atoms with Crippen LogP contribution in [0.15, 0.2) is 29.3 Å². The van der Waals surface area contributed by atoms with Crippen LogP contribution in [0.4, 0.5) is 0 Å². The second-order valence-electron chi connectivity index (χ2n) is 8.06. The maximum atomic E-state index is 12.0. The zero-order valence-electron chi connectivity index (χ0n) is 15.8. The zero-order valence-corrected chi connectivity index (χ0v) is 15.8. The lowest BCUT2D eigenvalue weighted by molar-refractivity contribution is -0.120. The molecule has 1 spiro atoms. The molecule has 1 atom stereocenters. The molecule has 2 aliphatic carbocycles. The molecule has 4 rings (SSSR count). The summed E-state index contributed by atoms with van der Waals surface area (Å²) in [6, 6.07) is 9.38. The third-order valence-corrected chi connectivity index (χ3v) is 6.13. The maximum Gasteiger partial charge on any atom is 0.239 e. The Bertz CT molecular complexity index is 697. The minimum atomic E-state index is 0.0726. The Morgan fingerprint density at radius 2 is 2.08 bits per heavy atom. The van der Waals surface area contributed by atoms with Crippen LogP contribution in [0.3, 0.4) is 0 Å². The number of nitrogens with zero attached hydrogens (tertiary/aromatic N) is 2. The number of hydrogen-bond acceptors (Lipinski definition) is 2. The van der Waals surface area contributed by atoms with Crippen molar-refractivity contribution in [2.45, 2.75) is 56.4 Å². The number of amides is 1. The van der Waals surface area contributed by atoms with Gasteiger partial charge in [0, 0.05) is 31.6 Å². The van der Waals surface area contributed by atoms with E-state index in [1.165, 1.54) is 43.2 Å². The van der Waals surface area contributed by atoms with Crippen molar-refractivity contribution in [1.29, 1.82) is 0 Å². The molecule has 1 amide bonds. The molecule has 1 unspecified atom stereocenters. The first kappa shape index (κ1) is 17.4. The zero-order chi connectivity index (χ0) is 18.0. The molecule has 1 aliphatic heterocycles. The predicted octanol–water partition coefficient (Wildman–Crippen LogP) is 2.21. The second-order valence-corrected chi connectivity index (χ2v) is 8.06. The lowest BCUT2D eigenvalue weighted by Crippen LogP contribution is -2.54. The second kappa shape index (κ2) is 7.29. The van der Waals surface area contributed by atoms with Gasteiger partial charge in [-0.3, -0.25) is 9.79 Å². The topological polar surface area (TPSA) is 56.7 Å². The molecular weight excluding hydrogens is 324 g/mol. The van der Waals surface area contributed by atoms with Crippen LogP contribution in [0.5, 0.6) is 0 Å². The molecule has 5 heteroatoms. The molecule has 2 N–H and O–H groups in total. The van der Waals surface area contributed by atoms with Crippen molar-refractivity contribution in [1.82, 2.24) is 15.5 Å². The summed E-state index contributed by atoms with van der Waals surface area (Å²) in [7, 11) is 1.82. The van der Waals surface area contributed by atoms with Gasteiger partial charge < -0.3 is 15.5 Å². The van der Waals surface area contributed by atoms with Crippen molar-refractivity contribution in [3.05, 3.63) is 35.4 Å². The molecule has 1 saturated carbocycles. The normalized spacial score (nSPS) is 25.7. The molecule has 1 heterocycles. The Hall–Kier alpha value is -2.04. The van der Waals surface area contributed by atoms with Crippen molar-refractivity contribution < 1.29 is 4.79 Å². The number of piperidine rings is 1. The number of nitrogens with one attached hydrogen (secondary N) is 2. The van der Waals surface area contributed by atoms with E-state index in [4.69, 9.17) is 0 Å². The fourth-order valence-corrected chi connectivity index (χ4v) is 4.74. The van der Waals surface area contributed by atoms with E-state index in [-0.39, 0.29) is 11.3 Å². The SMILES string of the molecule is CN=C(NCC(=O)NC1CC1)N1CCCC2(CCCc3ccccc32)C1. The van der Waals surface area contributed by atoms with Crippen molar-refractivity contribution in [3.63, 3.8) is 0 Å². The molecule has 26 heavy (non-hydrogen) atoms. The van der Waals surface area contributed by atoms with Gasteiger partial charge in [-0.25, -0.2) is 0 Å². The summed E-state index contributed by atoms with van der Waals surface area (Å²) in [4.78, 5) is 18.8. The number of benzene rings is 1. The van der Waals surface area contributed by atoms with Gasteiger partial charge >= 0.3 is 0 Å².